The van der Waals surface area contributed by atoms with E-state index in [1.54, 1.807) is 0 Å². The van der Waals surface area contributed by atoms with Crippen LogP contribution < -0.4 is 10.5 Å². The predicted octanol–water partition coefficient (Wildman–Crippen LogP) is 5.06. The van der Waals surface area contributed by atoms with Crippen LogP contribution in [0.15, 0.2) is 34.8 Å². The fourth-order valence-corrected chi connectivity index (χ4v) is 2.86. The second-order valence-corrected chi connectivity index (χ2v) is 6.61. The Bertz CT molecular complexity index is 650. The number of nitrogens with two attached hydrogens (primary N) is 1. The summed E-state index contributed by atoms with van der Waals surface area (Å²) < 4.78 is 7.04. The highest BCUT2D eigenvalue weighted by Crippen LogP contribution is 2.33. The molecule has 0 radical (unpaired) electrons. The van der Waals surface area contributed by atoms with Crippen LogP contribution in [0, 0.1) is 20.8 Å². The van der Waals surface area contributed by atoms with Gasteiger partial charge in [0.05, 0.1) is 4.47 Å². The standard InChI is InChI=1S/C18H22BrNO/c1-11-7-12(2)14(4)18(8-11)21-17-6-5-15(9-13(3)20)10-16(17)19/h5-8,10,13H,9,20H2,1-4H3. The van der Waals surface area contributed by atoms with Crippen LogP contribution in [-0.4, -0.2) is 6.04 Å². The van der Waals surface area contributed by atoms with Gasteiger partial charge in [0, 0.05) is 6.04 Å². The van der Waals surface area contributed by atoms with Crippen molar-refractivity contribution in [3.63, 3.8) is 0 Å². The maximum Gasteiger partial charge on any atom is 0.141 e. The van der Waals surface area contributed by atoms with E-state index in [2.05, 4.69) is 61.0 Å². The topological polar surface area (TPSA) is 35.2 Å². The molecule has 0 aliphatic rings. The molecule has 0 aliphatic carbocycles. The minimum absolute atomic E-state index is 0.158. The van der Waals surface area contributed by atoms with Crippen LogP contribution >= 0.6 is 15.9 Å². The van der Waals surface area contributed by atoms with Crippen LogP contribution in [0.25, 0.3) is 0 Å². The third-order valence-electron chi connectivity index (χ3n) is 3.54. The van der Waals surface area contributed by atoms with E-state index in [-0.39, 0.29) is 6.04 Å². The summed E-state index contributed by atoms with van der Waals surface area (Å²) in [5.74, 6) is 1.74. The van der Waals surface area contributed by atoms with Crippen molar-refractivity contribution in [2.75, 3.05) is 0 Å². The smallest absolute Gasteiger partial charge is 0.141 e. The zero-order chi connectivity index (χ0) is 15.6. The van der Waals surface area contributed by atoms with Crippen LogP contribution in [0.3, 0.4) is 0 Å². The fraction of sp³-hybridized carbons (Fsp3) is 0.333. The van der Waals surface area contributed by atoms with Crippen molar-refractivity contribution < 1.29 is 4.74 Å². The molecule has 0 fully saturated rings. The monoisotopic (exact) mass is 347 g/mol. The van der Waals surface area contributed by atoms with E-state index >= 15 is 0 Å². The average Bonchev–Trinajstić information content (AvgIpc) is 2.37. The highest BCUT2D eigenvalue weighted by Gasteiger charge is 2.09. The van der Waals surface area contributed by atoms with Crippen molar-refractivity contribution >= 4 is 15.9 Å². The van der Waals surface area contributed by atoms with Crippen LogP contribution in [0.1, 0.15) is 29.2 Å². The Morgan fingerprint density at radius 1 is 1.10 bits per heavy atom. The Balaban J connectivity index is 2.28. The molecule has 0 saturated heterocycles. The van der Waals surface area contributed by atoms with Gasteiger partial charge in [0.2, 0.25) is 0 Å². The Morgan fingerprint density at radius 2 is 1.81 bits per heavy atom. The molecule has 0 saturated carbocycles. The van der Waals surface area contributed by atoms with E-state index in [9.17, 15) is 0 Å². The lowest BCUT2D eigenvalue weighted by molar-refractivity contribution is 0.474. The highest BCUT2D eigenvalue weighted by molar-refractivity contribution is 9.10. The van der Waals surface area contributed by atoms with Gasteiger partial charge in [0.1, 0.15) is 11.5 Å². The molecule has 2 rings (SSSR count). The van der Waals surface area contributed by atoms with Crippen molar-refractivity contribution in [1.29, 1.82) is 0 Å². The lowest BCUT2D eigenvalue weighted by Crippen LogP contribution is -2.17. The molecule has 0 aromatic heterocycles. The van der Waals surface area contributed by atoms with Crippen LogP contribution in [0.2, 0.25) is 0 Å². The summed E-state index contributed by atoms with van der Waals surface area (Å²) in [6, 6.07) is 10.6. The SMILES string of the molecule is Cc1cc(C)c(C)c(Oc2ccc(CC(C)N)cc2Br)c1. The molecule has 2 aromatic carbocycles. The minimum Gasteiger partial charge on any atom is -0.456 e. The van der Waals surface area contributed by atoms with E-state index < -0.39 is 0 Å². The Labute approximate surface area is 135 Å². The molecule has 0 aliphatic heterocycles. The van der Waals surface area contributed by atoms with Gasteiger partial charge in [0.25, 0.3) is 0 Å². The first-order chi connectivity index (χ1) is 9.86. The molecular formula is C18H22BrNO. The molecule has 2 nitrogen and oxygen atoms in total. The van der Waals surface area contributed by atoms with Gasteiger partial charge in [-0.2, -0.15) is 0 Å². The molecular weight excluding hydrogens is 326 g/mol. The maximum atomic E-state index is 6.08. The summed E-state index contributed by atoms with van der Waals surface area (Å²) in [6.45, 7) is 8.29. The highest BCUT2D eigenvalue weighted by atomic mass is 79.9. The van der Waals surface area contributed by atoms with Gasteiger partial charge >= 0.3 is 0 Å². The molecule has 2 N–H and O–H groups in total. The quantitative estimate of drug-likeness (QED) is 0.839. The van der Waals surface area contributed by atoms with Gasteiger partial charge in [-0.1, -0.05) is 12.1 Å². The molecule has 112 valence electrons. The fourth-order valence-electron chi connectivity index (χ4n) is 2.35. The van der Waals surface area contributed by atoms with Gasteiger partial charge in [-0.05, 0) is 90.5 Å². The van der Waals surface area contributed by atoms with Crippen LogP contribution in [0.4, 0.5) is 0 Å². The number of halogens is 1. The first kappa shape index (κ1) is 16.1. The maximum absolute atomic E-state index is 6.08. The van der Waals surface area contributed by atoms with Gasteiger partial charge in [0.15, 0.2) is 0 Å². The number of aryl methyl sites for hydroxylation is 2. The van der Waals surface area contributed by atoms with Gasteiger partial charge < -0.3 is 10.5 Å². The molecule has 3 heteroatoms. The summed E-state index contributed by atoms with van der Waals surface area (Å²) in [5, 5.41) is 0. The van der Waals surface area contributed by atoms with Crippen molar-refractivity contribution in [3.8, 4) is 11.5 Å². The number of ether oxygens (including phenoxy) is 1. The lowest BCUT2D eigenvalue weighted by atomic mass is 10.1. The number of hydrogen-bond donors (Lipinski definition) is 1. The number of rotatable bonds is 4. The molecule has 0 heterocycles. The summed E-state index contributed by atoms with van der Waals surface area (Å²) in [7, 11) is 0. The van der Waals surface area contributed by atoms with Gasteiger partial charge in [-0.15, -0.1) is 0 Å². The second kappa shape index (κ2) is 6.63. The third-order valence-corrected chi connectivity index (χ3v) is 4.16. The summed E-state index contributed by atoms with van der Waals surface area (Å²) >= 11 is 3.59. The van der Waals surface area contributed by atoms with Crippen LogP contribution in [-0.2, 0) is 6.42 Å². The first-order valence-corrected chi connectivity index (χ1v) is 7.96. The molecule has 0 bridgehead atoms. The van der Waals surface area contributed by atoms with Crippen molar-refractivity contribution in [3.05, 3.63) is 57.1 Å². The third kappa shape index (κ3) is 4.08. The van der Waals surface area contributed by atoms with E-state index in [1.807, 2.05) is 13.0 Å². The van der Waals surface area contributed by atoms with E-state index in [1.165, 1.54) is 22.3 Å². The van der Waals surface area contributed by atoms with Crippen molar-refractivity contribution in [1.82, 2.24) is 0 Å². The van der Waals surface area contributed by atoms with E-state index in [0.29, 0.717) is 0 Å². The largest absolute Gasteiger partial charge is 0.456 e. The first-order valence-electron chi connectivity index (χ1n) is 7.16. The number of benzene rings is 2. The zero-order valence-corrected chi connectivity index (χ0v) is 14.6. The normalized spacial score (nSPS) is 12.3. The van der Waals surface area contributed by atoms with Crippen molar-refractivity contribution in [2.45, 2.75) is 40.2 Å². The van der Waals surface area contributed by atoms with E-state index in [4.69, 9.17) is 10.5 Å². The molecule has 0 amide bonds. The Hall–Kier alpha value is -1.32. The average molecular weight is 348 g/mol. The molecule has 1 atom stereocenters. The van der Waals surface area contributed by atoms with Gasteiger partial charge in [-0.3, -0.25) is 0 Å². The molecule has 2 aromatic rings. The molecule has 1 unspecified atom stereocenters. The van der Waals surface area contributed by atoms with Gasteiger partial charge in [-0.25, -0.2) is 0 Å². The van der Waals surface area contributed by atoms with E-state index in [0.717, 1.165) is 22.4 Å². The Morgan fingerprint density at radius 3 is 2.43 bits per heavy atom. The number of hydrogen-bond acceptors (Lipinski definition) is 2. The zero-order valence-electron chi connectivity index (χ0n) is 13.0. The van der Waals surface area contributed by atoms with Crippen LogP contribution in [0.5, 0.6) is 11.5 Å². The lowest BCUT2D eigenvalue weighted by Gasteiger charge is -2.14. The summed E-state index contributed by atoms with van der Waals surface area (Å²) in [5.41, 5.74) is 10.7. The summed E-state index contributed by atoms with van der Waals surface area (Å²) in [4.78, 5) is 0. The molecule has 21 heavy (non-hydrogen) atoms. The summed E-state index contributed by atoms with van der Waals surface area (Å²) in [6.07, 6.45) is 0.863. The Kier molecular flexibility index (Phi) is 5.07. The predicted molar refractivity (Wildman–Crippen MR) is 92.2 cm³/mol. The second-order valence-electron chi connectivity index (χ2n) is 5.75. The van der Waals surface area contributed by atoms with Crippen molar-refractivity contribution in [2.24, 2.45) is 5.73 Å². The molecule has 0 spiro atoms. The minimum atomic E-state index is 0.158.